The molecular formula is C12H14NO3-. The molecule has 0 heterocycles. The van der Waals surface area contributed by atoms with Gasteiger partial charge in [-0.2, -0.15) is 0 Å². The van der Waals surface area contributed by atoms with E-state index in [2.05, 4.69) is 5.32 Å². The molecule has 16 heavy (non-hydrogen) atoms. The van der Waals surface area contributed by atoms with Crippen molar-refractivity contribution in [3.8, 4) is 0 Å². The molecule has 1 N–H and O–H groups in total. The molecule has 0 unspecified atom stereocenters. The Morgan fingerprint density at radius 2 is 1.69 bits per heavy atom. The first-order chi connectivity index (χ1) is 7.41. The van der Waals surface area contributed by atoms with Crippen LogP contribution in [0.5, 0.6) is 0 Å². The van der Waals surface area contributed by atoms with Crippen LogP contribution in [0.25, 0.3) is 0 Å². The third-order valence-electron chi connectivity index (χ3n) is 2.30. The number of amides is 1. The first-order valence-corrected chi connectivity index (χ1v) is 4.97. The van der Waals surface area contributed by atoms with E-state index in [-0.39, 0.29) is 5.91 Å². The van der Waals surface area contributed by atoms with Crippen LogP contribution in [0.1, 0.15) is 27.0 Å². The van der Waals surface area contributed by atoms with Gasteiger partial charge in [0.1, 0.15) is 0 Å². The number of aryl methyl sites for hydroxylation is 3. The lowest BCUT2D eigenvalue weighted by atomic mass is 9.99. The molecule has 0 radical (unpaired) electrons. The maximum absolute atomic E-state index is 11.7. The van der Waals surface area contributed by atoms with Gasteiger partial charge in [0.05, 0.1) is 12.5 Å². The van der Waals surface area contributed by atoms with Crippen molar-refractivity contribution in [2.75, 3.05) is 6.54 Å². The van der Waals surface area contributed by atoms with Gasteiger partial charge in [-0.1, -0.05) is 17.7 Å². The fourth-order valence-corrected chi connectivity index (χ4v) is 1.78. The highest BCUT2D eigenvalue weighted by molar-refractivity contribution is 5.98. The van der Waals surface area contributed by atoms with Gasteiger partial charge < -0.3 is 15.2 Å². The average Bonchev–Trinajstić information content (AvgIpc) is 2.12. The van der Waals surface area contributed by atoms with Crippen LogP contribution in [0, 0.1) is 20.8 Å². The van der Waals surface area contributed by atoms with Crippen molar-refractivity contribution in [1.82, 2.24) is 5.32 Å². The molecule has 0 saturated heterocycles. The summed E-state index contributed by atoms with van der Waals surface area (Å²) < 4.78 is 0. The summed E-state index contributed by atoms with van der Waals surface area (Å²) in [5.74, 6) is -1.67. The summed E-state index contributed by atoms with van der Waals surface area (Å²) >= 11 is 0. The Labute approximate surface area is 94.3 Å². The second-order valence-electron chi connectivity index (χ2n) is 3.83. The number of carboxylic acid groups (broad SMARTS) is 1. The van der Waals surface area contributed by atoms with E-state index in [4.69, 9.17) is 0 Å². The van der Waals surface area contributed by atoms with E-state index in [1.165, 1.54) is 0 Å². The minimum Gasteiger partial charge on any atom is -0.548 e. The SMILES string of the molecule is Cc1cc(C)c(C(=O)NCC(=O)[O-])c(C)c1. The lowest BCUT2D eigenvalue weighted by Crippen LogP contribution is -2.38. The molecule has 0 bridgehead atoms. The molecule has 1 rings (SSSR count). The predicted molar refractivity (Wildman–Crippen MR) is 58.0 cm³/mol. The second-order valence-corrected chi connectivity index (χ2v) is 3.83. The largest absolute Gasteiger partial charge is 0.548 e. The molecule has 0 saturated carbocycles. The molecular weight excluding hydrogens is 206 g/mol. The number of nitrogens with one attached hydrogen (secondary N) is 1. The molecule has 1 aromatic carbocycles. The fourth-order valence-electron chi connectivity index (χ4n) is 1.78. The monoisotopic (exact) mass is 220 g/mol. The fraction of sp³-hybridized carbons (Fsp3) is 0.333. The van der Waals surface area contributed by atoms with Crippen LogP contribution in [0.4, 0.5) is 0 Å². The van der Waals surface area contributed by atoms with Gasteiger partial charge >= 0.3 is 0 Å². The molecule has 0 aromatic heterocycles. The van der Waals surface area contributed by atoms with Gasteiger partial charge in [0.25, 0.3) is 5.91 Å². The zero-order chi connectivity index (χ0) is 12.3. The van der Waals surface area contributed by atoms with Crippen LogP contribution in [0.15, 0.2) is 12.1 Å². The Kier molecular flexibility index (Phi) is 3.66. The van der Waals surface area contributed by atoms with Gasteiger partial charge in [-0.05, 0) is 31.9 Å². The number of hydrogen-bond donors (Lipinski definition) is 1. The van der Waals surface area contributed by atoms with Gasteiger partial charge in [0.2, 0.25) is 0 Å². The predicted octanol–water partition coefficient (Wildman–Crippen LogP) is 0.0916. The van der Waals surface area contributed by atoms with Crippen molar-refractivity contribution in [3.05, 3.63) is 34.4 Å². The molecule has 0 aliphatic heterocycles. The Hall–Kier alpha value is -1.84. The first kappa shape index (κ1) is 12.2. The van der Waals surface area contributed by atoms with Crippen molar-refractivity contribution in [3.63, 3.8) is 0 Å². The standard InChI is InChI=1S/C12H15NO3/c1-7-4-8(2)11(9(3)5-7)12(16)13-6-10(14)15/h4-5H,6H2,1-3H3,(H,13,16)(H,14,15)/p-1. The minimum absolute atomic E-state index is 0.376. The summed E-state index contributed by atoms with van der Waals surface area (Å²) in [7, 11) is 0. The first-order valence-electron chi connectivity index (χ1n) is 4.97. The molecule has 1 aromatic rings. The Morgan fingerprint density at radius 3 is 2.12 bits per heavy atom. The molecule has 1 amide bonds. The number of carbonyl (C=O) groups excluding carboxylic acids is 2. The number of carbonyl (C=O) groups is 2. The summed E-state index contributed by atoms with van der Waals surface area (Å²) in [5.41, 5.74) is 3.29. The zero-order valence-electron chi connectivity index (χ0n) is 9.59. The van der Waals surface area contributed by atoms with Crippen LogP contribution in [0.2, 0.25) is 0 Å². The van der Waals surface area contributed by atoms with E-state index < -0.39 is 12.5 Å². The molecule has 0 aliphatic rings. The molecule has 4 heteroatoms. The topological polar surface area (TPSA) is 69.2 Å². The normalized spacial score (nSPS) is 9.94. The van der Waals surface area contributed by atoms with Crippen LogP contribution in [0.3, 0.4) is 0 Å². The highest BCUT2D eigenvalue weighted by Crippen LogP contribution is 2.15. The van der Waals surface area contributed by atoms with Crippen LogP contribution >= 0.6 is 0 Å². The Morgan fingerprint density at radius 1 is 1.19 bits per heavy atom. The lowest BCUT2D eigenvalue weighted by Gasteiger charge is -2.11. The van der Waals surface area contributed by atoms with Gasteiger partial charge in [0, 0.05) is 5.56 Å². The molecule has 0 atom stereocenters. The van der Waals surface area contributed by atoms with Gasteiger partial charge in [-0.15, -0.1) is 0 Å². The molecule has 0 fully saturated rings. The smallest absolute Gasteiger partial charge is 0.252 e. The highest BCUT2D eigenvalue weighted by atomic mass is 16.4. The van der Waals surface area contributed by atoms with E-state index in [0.29, 0.717) is 5.56 Å². The van der Waals surface area contributed by atoms with Crippen molar-refractivity contribution in [2.45, 2.75) is 20.8 Å². The zero-order valence-corrected chi connectivity index (χ0v) is 9.59. The number of benzene rings is 1. The average molecular weight is 220 g/mol. The van der Waals surface area contributed by atoms with Gasteiger partial charge in [0.15, 0.2) is 0 Å². The number of hydrogen-bond acceptors (Lipinski definition) is 3. The molecule has 0 aliphatic carbocycles. The van der Waals surface area contributed by atoms with E-state index in [1.54, 1.807) is 0 Å². The second kappa shape index (κ2) is 4.79. The third-order valence-corrected chi connectivity index (χ3v) is 2.30. The summed E-state index contributed by atoms with van der Waals surface area (Å²) in [6.07, 6.45) is 0. The third kappa shape index (κ3) is 2.82. The Bertz CT molecular complexity index is 415. The number of rotatable bonds is 3. The van der Waals surface area contributed by atoms with Crippen molar-refractivity contribution < 1.29 is 14.7 Å². The summed E-state index contributed by atoms with van der Waals surface area (Å²) in [5, 5.41) is 12.5. The van der Waals surface area contributed by atoms with E-state index in [0.717, 1.165) is 16.7 Å². The summed E-state index contributed by atoms with van der Waals surface area (Å²) in [4.78, 5) is 21.9. The van der Waals surface area contributed by atoms with Crippen molar-refractivity contribution >= 4 is 11.9 Å². The van der Waals surface area contributed by atoms with Gasteiger partial charge in [-0.3, -0.25) is 4.79 Å². The maximum Gasteiger partial charge on any atom is 0.252 e. The number of aliphatic carboxylic acids is 1. The Balaban J connectivity index is 2.95. The molecule has 86 valence electrons. The highest BCUT2D eigenvalue weighted by Gasteiger charge is 2.11. The quantitative estimate of drug-likeness (QED) is 0.785. The van der Waals surface area contributed by atoms with Crippen molar-refractivity contribution in [2.24, 2.45) is 0 Å². The van der Waals surface area contributed by atoms with Gasteiger partial charge in [-0.25, -0.2) is 0 Å². The molecule has 0 spiro atoms. The maximum atomic E-state index is 11.7. The molecule has 4 nitrogen and oxygen atoms in total. The van der Waals surface area contributed by atoms with E-state index >= 15 is 0 Å². The lowest BCUT2D eigenvalue weighted by molar-refractivity contribution is -0.303. The van der Waals surface area contributed by atoms with E-state index in [1.807, 2.05) is 32.9 Å². The number of carboxylic acids is 1. The van der Waals surface area contributed by atoms with E-state index in [9.17, 15) is 14.7 Å². The minimum atomic E-state index is -1.30. The summed E-state index contributed by atoms with van der Waals surface area (Å²) in [6, 6.07) is 3.78. The van der Waals surface area contributed by atoms with Crippen LogP contribution in [-0.2, 0) is 4.79 Å². The van der Waals surface area contributed by atoms with Crippen LogP contribution in [-0.4, -0.2) is 18.4 Å². The summed E-state index contributed by atoms with van der Waals surface area (Å²) in [6.45, 7) is 5.14. The van der Waals surface area contributed by atoms with Crippen molar-refractivity contribution in [1.29, 1.82) is 0 Å². The van der Waals surface area contributed by atoms with Crippen LogP contribution < -0.4 is 10.4 Å².